The summed E-state index contributed by atoms with van der Waals surface area (Å²) in [6.45, 7) is 12.7. The van der Waals surface area contributed by atoms with Gasteiger partial charge in [0.15, 0.2) is 5.75 Å². The minimum atomic E-state index is -0.591. The number of phenolic OH excluding ortho intramolecular Hbond substituents is 1. The number of aromatic hydroxyl groups is 1. The molecule has 0 radical (unpaired) electrons. The summed E-state index contributed by atoms with van der Waals surface area (Å²) >= 11 is 1.51. The van der Waals surface area contributed by atoms with Crippen LogP contribution in [0.25, 0.3) is 20.5 Å². The van der Waals surface area contributed by atoms with Gasteiger partial charge in [-0.05, 0) is 111 Å². The van der Waals surface area contributed by atoms with Crippen LogP contribution in [0.4, 0.5) is 4.39 Å². The molecule has 2 N–H and O–H groups in total. The molecule has 2 amide bonds. The fourth-order valence-corrected chi connectivity index (χ4v) is 8.39. The van der Waals surface area contributed by atoms with E-state index in [0.717, 1.165) is 78.1 Å². The maximum Gasteiger partial charge on any atom is 0.246 e. The number of carbonyl (C=O) groups is 2. The number of halogens is 1. The smallest absolute Gasteiger partial charge is 0.246 e. The molecule has 3 heterocycles. The van der Waals surface area contributed by atoms with E-state index in [2.05, 4.69) is 29.3 Å². The highest BCUT2D eigenvalue weighted by Crippen LogP contribution is 2.47. The molecule has 2 aliphatic rings. The monoisotopic (exact) mass is 745 g/mol. The molecule has 0 spiro atoms. The van der Waals surface area contributed by atoms with Crippen LogP contribution in [0.2, 0.25) is 0 Å². The summed E-state index contributed by atoms with van der Waals surface area (Å²) in [6.07, 6.45) is 4.11. The van der Waals surface area contributed by atoms with E-state index < -0.39 is 11.5 Å². The van der Waals surface area contributed by atoms with Gasteiger partial charge in [-0.25, -0.2) is 4.39 Å². The molecule has 2 aliphatic heterocycles. The summed E-state index contributed by atoms with van der Waals surface area (Å²) in [7, 11) is 0. The van der Waals surface area contributed by atoms with Crippen LogP contribution in [0.1, 0.15) is 64.9 Å². The van der Waals surface area contributed by atoms with Crippen LogP contribution >= 0.6 is 11.3 Å². The average Bonchev–Trinajstić information content (AvgIpc) is 3.73. The van der Waals surface area contributed by atoms with E-state index in [1.165, 1.54) is 29.0 Å². The molecule has 2 saturated heterocycles. The number of benzene rings is 3. The van der Waals surface area contributed by atoms with E-state index in [-0.39, 0.29) is 36.0 Å². The Balaban J connectivity index is 0.902. The third kappa shape index (κ3) is 9.94. The fraction of sp³-hybridized carbons (Fsp3) is 0.476. The zero-order valence-electron chi connectivity index (χ0n) is 31.2. The SMILES string of the molecule is CC1CCCN1C(=O)C(NC(=O)COCCOCCN1CCC(c2ccc(Oc3c(-c4ccc(F)cc4)sc4cc(O)ccc34)cc2)CC1)C(C)(C)C. The van der Waals surface area contributed by atoms with Gasteiger partial charge in [0, 0.05) is 29.2 Å². The molecule has 11 heteroatoms. The second-order valence-electron chi connectivity index (χ2n) is 15.3. The summed E-state index contributed by atoms with van der Waals surface area (Å²) in [4.78, 5) is 31.0. The van der Waals surface area contributed by atoms with Gasteiger partial charge in [-0.3, -0.25) is 9.59 Å². The summed E-state index contributed by atoms with van der Waals surface area (Å²) in [5.41, 5.74) is 1.74. The Kier molecular flexibility index (Phi) is 12.7. The molecule has 3 aromatic carbocycles. The first kappa shape index (κ1) is 38.7. The van der Waals surface area contributed by atoms with E-state index in [1.54, 1.807) is 24.3 Å². The largest absolute Gasteiger partial charge is 0.508 e. The van der Waals surface area contributed by atoms with Crippen molar-refractivity contribution in [2.75, 3.05) is 52.6 Å². The lowest BCUT2D eigenvalue weighted by Gasteiger charge is -2.35. The summed E-state index contributed by atoms with van der Waals surface area (Å²) in [5, 5.41) is 13.9. The summed E-state index contributed by atoms with van der Waals surface area (Å²) < 4.78 is 32.4. The molecule has 2 fully saturated rings. The Bertz CT molecular complexity index is 1830. The van der Waals surface area contributed by atoms with Crippen molar-refractivity contribution in [3.8, 4) is 27.7 Å². The van der Waals surface area contributed by atoms with Crippen molar-refractivity contribution in [1.82, 2.24) is 15.1 Å². The minimum Gasteiger partial charge on any atom is -0.508 e. The van der Waals surface area contributed by atoms with Gasteiger partial charge in [-0.2, -0.15) is 0 Å². The molecule has 9 nitrogen and oxygen atoms in total. The Morgan fingerprint density at radius 1 is 0.943 bits per heavy atom. The minimum absolute atomic E-state index is 0.0166. The number of piperidine rings is 1. The van der Waals surface area contributed by atoms with Crippen LogP contribution < -0.4 is 10.1 Å². The van der Waals surface area contributed by atoms with Crippen molar-refractivity contribution in [2.24, 2.45) is 5.41 Å². The zero-order valence-corrected chi connectivity index (χ0v) is 32.1. The Morgan fingerprint density at radius 2 is 1.66 bits per heavy atom. The van der Waals surface area contributed by atoms with Gasteiger partial charge in [0.1, 0.15) is 30.0 Å². The predicted molar refractivity (Wildman–Crippen MR) is 207 cm³/mol. The molecular weight excluding hydrogens is 694 g/mol. The second-order valence-corrected chi connectivity index (χ2v) is 16.3. The first-order chi connectivity index (χ1) is 25.5. The fourth-order valence-electron chi connectivity index (χ4n) is 7.23. The van der Waals surface area contributed by atoms with E-state index in [9.17, 15) is 19.1 Å². The number of nitrogens with one attached hydrogen (secondary N) is 1. The van der Waals surface area contributed by atoms with Crippen LogP contribution in [0, 0.1) is 11.2 Å². The first-order valence-electron chi connectivity index (χ1n) is 18.7. The number of hydrogen-bond donors (Lipinski definition) is 2. The van der Waals surface area contributed by atoms with Gasteiger partial charge < -0.3 is 34.4 Å². The van der Waals surface area contributed by atoms with E-state index in [4.69, 9.17) is 14.2 Å². The highest BCUT2D eigenvalue weighted by atomic mass is 32.1. The Morgan fingerprint density at radius 3 is 2.34 bits per heavy atom. The number of ether oxygens (including phenoxy) is 3. The molecule has 2 unspecified atom stereocenters. The van der Waals surface area contributed by atoms with Crippen molar-refractivity contribution >= 4 is 33.2 Å². The first-order valence-corrected chi connectivity index (χ1v) is 19.5. The lowest BCUT2D eigenvalue weighted by molar-refractivity contribution is -0.141. The molecule has 0 bridgehead atoms. The molecule has 0 saturated carbocycles. The van der Waals surface area contributed by atoms with E-state index >= 15 is 0 Å². The third-order valence-corrected chi connectivity index (χ3v) is 11.5. The van der Waals surface area contributed by atoms with Crippen molar-refractivity contribution in [3.05, 3.63) is 78.1 Å². The van der Waals surface area contributed by atoms with Crippen LogP contribution in [0.15, 0.2) is 66.7 Å². The number of thiophene rings is 1. The molecule has 2 atom stereocenters. The third-order valence-electron chi connectivity index (χ3n) is 10.3. The van der Waals surface area contributed by atoms with Gasteiger partial charge in [0.2, 0.25) is 11.8 Å². The zero-order chi connectivity index (χ0) is 37.5. The molecule has 1 aromatic heterocycles. The lowest BCUT2D eigenvalue weighted by atomic mass is 9.85. The number of fused-ring (bicyclic) bond motifs is 1. The van der Waals surface area contributed by atoms with Gasteiger partial charge in [0.25, 0.3) is 0 Å². The van der Waals surface area contributed by atoms with Crippen LogP contribution in [-0.4, -0.2) is 91.4 Å². The summed E-state index contributed by atoms with van der Waals surface area (Å²) in [5.74, 6) is 1.48. The molecular formula is C42H52FN3O6S. The second kappa shape index (κ2) is 17.4. The number of amides is 2. The normalized spacial score (nSPS) is 17.7. The topological polar surface area (TPSA) is 101 Å². The number of hydrogen-bond acceptors (Lipinski definition) is 8. The van der Waals surface area contributed by atoms with Crippen molar-refractivity contribution in [1.29, 1.82) is 0 Å². The van der Waals surface area contributed by atoms with E-state index in [0.29, 0.717) is 31.5 Å². The van der Waals surface area contributed by atoms with Gasteiger partial charge >= 0.3 is 0 Å². The average molecular weight is 746 g/mol. The number of carbonyl (C=O) groups excluding carboxylic acids is 2. The van der Waals surface area contributed by atoms with Gasteiger partial charge in [-0.15, -0.1) is 11.3 Å². The van der Waals surface area contributed by atoms with Crippen LogP contribution in [0.3, 0.4) is 0 Å². The number of rotatable bonds is 14. The van der Waals surface area contributed by atoms with Gasteiger partial charge in [-0.1, -0.05) is 45.0 Å². The highest BCUT2D eigenvalue weighted by Gasteiger charge is 2.38. The van der Waals surface area contributed by atoms with Crippen molar-refractivity contribution < 1.29 is 33.3 Å². The quantitative estimate of drug-likeness (QED) is 0.126. The van der Waals surface area contributed by atoms with Crippen molar-refractivity contribution in [3.63, 3.8) is 0 Å². The highest BCUT2D eigenvalue weighted by molar-refractivity contribution is 7.22. The number of phenols is 1. The number of likely N-dealkylation sites (tertiary alicyclic amines) is 2. The van der Waals surface area contributed by atoms with Crippen LogP contribution in [0.5, 0.6) is 17.2 Å². The maximum atomic E-state index is 13.7. The van der Waals surface area contributed by atoms with Gasteiger partial charge in [0.05, 0.1) is 24.7 Å². The van der Waals surface area contributed by atoms with Crippen LogP contribution in [-0.2, 0) is 19.1 Å². The molecule has 284 valence electrons. The lowest BCUT2D eigenvalue weighted by Crippen LogP contribution is -2.56. The Labute approximate surface area is 316 Å². The molecule has 6 rings (SSSR count). The standard InChI is InChI=1S/C42H52FN3O6S/c1-28-6-5-19-46(28)41(49)40(42(2,3)4)44-37(48)27-51-25-24-50-23-22-45-20-17-30(18-21-45)29-9-14-34(15-10-29)52-38-35-16-13-33(47)26-36(35)53-39(38)31-7-11-32(43)12-8-31/h7-16,26,28,30,40,47H,5-6,17-25,27H2,1-4H3,(H,44,48). The summed E-state index contributed by atoms with van der Waals surface area (Å²) in [6, 6.07) is 19.5. The molecule has 53 heavy (non-hydrogen) atoms. The Hall–Kier alpha value is -4.03. The number of nitrogens with zero attached hydrogens (tertiary/aromatic N) is 2. The van der Waals surface area contributed by atoms with E-state index in [1.807, 2.05) is 43.9 Å². The molecule has 4 aromatic rings. The predicted octanol–water partition coefficient (Wildman–Crippen LogP) is 7.96. The maximum absolute atomic E-state index is 13.7. The molecule has 0 aliphatic carbocycles. The van der Waals surface area contributed by atoms with Crippen molar-refractivity contribution in [2.45, 2.75) is 71.4 Å².